The number of hydrogen-bond acceptors (Lipinski definition) is 11. The van der Waals surface area contributed by atoms with Gasteiger partial charge >= 0.3 is 13.3 Å². The Balaban J connectivity index is 0.847. The van der Waals surface area contributed by atoms with Crippen LogP contribution in [-0.2, 0) is 52.1 Å². The van der Waals surface area contributed by atoms with Crippen LogP contribution in [-0.4, -0.2) is 145 Å². The monoisotopic (exact) mass is 1160 g/mol. The highest BCUT2D eigenvalue weighted by Crippen LogP contribution is 2.59. The van der Waals surface area contributed by atoms with E-state index in [2.05, 4.69) is 36.1 Å². The van der Waals surface area contributed by atoms with Gasteiger partial charge in [-0.3, -0.25) is 53.1 Å². The van der Waals surface area contributed by atoms with Gasteiger partial charge in [0.1, 0.15) is 35.7 Å². The van der Waals surface area contributed by atoms with Crippen molar-refractivity contribution in [2.24, 2.45) is 11.7 Å². The minimum atomic E-state index is -5.92. The molecule has 6 heterocycles. The van der Waals surface area contributed by atoms with Crippen molar-refractivity contribution >= 4 is 65.8 Å². The van der Waals surface area contributed by atoms with Crippen LogP contribution in [0.25, 0.3) is 10.9 Å². The molecular formula is C58H64F3N10O11P. The molecule has 4 saturated heterocycles. The maximum absolute atomic E-state index is 15.6. The molecule has 0 bridgehead atoms. The normalized spacial score (nSPS) is 21.5. The van der Waals surface area contributed by atoms with Crippen LogP contribution in [0.15, 0.2) is 97.1 Å². The standard InChI is InChI=1S/C58H64F3N10O11P/c59-41-26-34(25-38-31-70(57(79)50(38)41)46-16-18-49(73)66-54(46)76)30-68-22-19-33(20-23-68)29-69-24-21-40-12-15-47(55(77)64-43(14-17-48(62)72)52(74)67-51(35-7-3-1-4-8-35)36-9-5-2-6-10-36)71(40)56(78)45(32-69)65-53(75)44-28-37-27-39(11-13-42(37)63-44)58(60,61)83(80,81)82/h1-11,13,25-28,33,40,43,45-47,51,63H,12,14-24,29-32H2,(H2,62,72)(H,64,77)(H,65,75)(H,67,74)(H,66,73,76)(H2,80,81,82)/t40-,43+,45+,46?,47+/m1/s1. The van der Waals surface area contributed by atoms with Crippen molar-refractivity contribution in [3.8, 4) is 0 Å². The summed E-state index contributed by atoms with van der Waals surface area (Å²) in [5.41, 5.74) is 2.67. The molecule has 0 saturated carbocycles. The van der Waals surface area contributed by atoms with Gasteiger partial charge < -0.3 is 51.2 Å². The van der Waals surface area contributed by atoms with E-state index in [0.717, 1.165) is 29.3 Å². The molecule has 25 heteroatoms. The zero-order valence-electron chi connectivity index (χ0n) is 45.1. The average molecular weight is 1170 g/mol. The van der Waals surface area contributed by atoms with E-state index in [-0.39, 0.29) is 73.3 Å². The highest BCUT2D eigenvalue weighted by atomic mass is 31.2. The molecule has 0 aliphatic carbocycles. The largest absolute Gasteiger partial charge is 0.399 e. The number of hydrogen-bond donors (Lipinski definition) is 8. The first-order valence-electron chi connectivity index (χ1n) is 27.7. The summed E-state index contributed by atoms with van der Waals surface area (Å²) in [6.07, 6.45) is 2.32. The number of imide groups is 1. The third kappa shape index (κ3) is 12.8. The van der Waals surface area contributed by atoms with Gasteiger partial charge in [0.25, 0.3) is 11.8 Å². The Morgan fingerprint density at radius 2 is 1.51 bits per heavy atom. The lowest BCUT2D eigenvalue weighted by Gasteiger charge is -2.40. The van der Waals surface area contributed by atoms with Gasteiger partial charge in [-0.15, -0.1) is 0 Å². The van der Waals surface area contributed by atoms with Crippen LogP contribution in [0.5, 0.6) is 0 Å². The number of nitrogens with one attached hydrogen (secondary N) is 5. The van der Waals surface area contributed by atoms with E-state index in [1.54, 1.807) is 6.07 Å². The number of H-pyrrole nitrogens is 1. The smallest absolute Gasteiger partial charge is 0.370 e. The van der Waals surface area contributed by atoms with Gasteiger partial charge in [-0.1, -0.05) is 72.8 Å². The van der Waals surface area contributed by atoms with Crippen molar-refractivity contribution < 1.29 is 65.9 Å². The maximum Gasteiger partial charge on any atom is 0.399 e. The second-order valence-electron chi connectivity index (χ2n) is 22.2. The number of amides is 8. The molecule has 5 aromatic rings. The number of rotatable bonds is 18. The molecule has 8 amide bonds. The summed E-state index contributed by atoms with van der Waals surface area (Å²) in [5.74, 6) is -5.51. The highest BCUT2D eigenvalue weighted by molar-refractivity contribution is 7.52. The number of aromatic amines is 1. The van der Waals surface area contributed by atoms with Gasteiger partial charge in [0.15, 0.2) is 0 Å². The SMILES string of the molecule is NC(=O)CC[C@H](NC(=O)[C@@H]1CC[C@@H]2CCN(CC3CCN(Cc4cc(F)c5c(c4)CN(C4CCC(=O)NC4=O)C5=O)CC3)C[C@H](NC(=O)c3cc4cc(C(F)(F)P(=O)(O)O)ccc4[nH]3)C(=O)N21)C(=O)NC(c1ccccc1)c1ccccc1. The summed E-state index contributed by atoms with van der Waals surface area (Å²) in [6, 6.07) is 20.0. The lowest BCUT2D eigenvalue weighted by molar-refractivity contribution is -0.144. The van der Waals surface area contributed by atoms with Crippen LogP contribution in [0.3, 0.4) is 0 Å². The van der Waals surface area contributed by atoms with Crippen molar-refractivity contribution in [3.05, 3.63) is 142 Å². The number of piperidine rings is 2. The number of nitrogens with zero attached hydrogens (tertiary/aromatic N) is 4. The number of aromatic nitrogens is 1. The number of halogens is 3. The van der Waals surface area contributed by atoms with Crippen LogP contribution < -0.4 is 27.0 Å². The zero-order chi connectivity index (χ0) is 58.9. The fourth-order valence-corrected chi connectivity index (χ4v) is 12.8. The van der Waals surface area contributed by atoms with Gasteiger partial charge in [-0.25, -0.2) is 4.39 Å². The predicted octanol–water partition coefficient (Wildman–Crippen LogP) is 4.03. The van der Waals surface area contributed by atoms with Crippen LogP contribution in [0.4, 0.5) is 13.2 Å². The van der Waals surface area contributed by atoms with Gasteiger partial charge in [-0.05, 0) is 110 Å². The third-order valence-corrected chi connectivity index (χ3v) is 17.6. The quantitative estimate of drug-likeness (QED) is 0.0455. The Bertz CT molecular complexity index is 3360. The maximum atomic E-state index is 15.6. The van der Waals surface area contributed by atoms with Crippen LogP contribution >= 0.6 is 7.60 Å². The minimum absolute atomic E-state index is 0.00576. The second-order valence-corrected chi connectivity index (χ2v) is 23.8. The average Bonchev–Trinajstić information content (AvgIpc) is 4.24. The molecule has 10 rings (SSSR count). The van der Waals surface area contributed by atoms with Gasteiger partial charge in [-0.2, -0.15) is 8.78 Å². The number of carbonyl (C=O) groups excluding carboxylic acids is 8. The van der Waals surface area contributed by atoms with E-state index in [1.165, 1.54) is 21.9 Å². The van der Waals surface area contributed by atoms with Gasteiger partial charge in [0.2, 0.25) is 35.4 Å². The van der Waals surface area contributed by atoms with Crippen molar-refractivity contribution in [2.45, 2.75) is 113 Å². The summed E-state index contributed by atoms with van der Waals surface area (Å²) in [6.45, 7) is 2.65. The fourth-order valence-electron chi connectivity index (χ4n) is 12.3. The molecule has 4 aromatic carbocycles. The predicted molar refractivity (Wildman–Crippen MR) is 294 cm³/mol. The van der Waals surface area contributed by atoms with E-state index in [9.17, 15) is 56.7 Å². The van der Waals surface area contributed by atoms with Crippen molar-refractivity contribution in [3.63, 3.8) is 0 Å². The van der Waals surface area contributed by atoms with Crippen molar-refractivity contribution in [1.82, 2.24) is 45.9 Å². The Labute approximate surface area is 475 Å². The Kier molecular flexibility index (Phi) is 17.0. The van der Waals surface area contributed by atoms with E-state index >= 15 is 9.18 Å². The lowest BCUT2D eigenvalue weighted by Crippen LogP contribution is -2.61. The summed E-state index contributed by atoms with van der Waals surface area (Å²) < 4.78 is 56.9. The molecule has 5 aliphatic rings. The molecule has 438 valence electrons. The molecule has 83 heavy (non-hydrogen) atoms. The molecule has 9 N–H and O–H groups in total. The molecule has 1 aromatic heterocycles. The fraction of sp³-hybridized carbons (Fsp3) is 0.414. The number of nitrogens with two attached hydrogens (primary N) is 1. The zero-order valence-corrected chi connectivity index (χ0v) is 46.0. The molecule has 1 unspecified atom stereocenters. The number of carbonyl (C=O) groups is 8. The topological polar surface area (TPSA) is 297 Å². The first kappa shape index (κ1) is 58.4. The summed E-state index contributed by atoms with van der Waals surface area (Å²) in [5, 5.41) is 11.0. The van der Waals surface area contributed by atoms with Crippen molar-refractivity contribution in [2.75, 3.05) is 32.7 Å². The number of benzene rings is 4. The molecule has 5 aliphatic heterocycles. The number of alkyl halides is 2. The molecule has 0 radical (unpaired) electrons. The number of primary amides is 1. The minimum Gasteiger partial charge on any atom is -0.370 e. The molecule has 0 spiro atoms. The molecular weight excluding hydrogens is 1100 g/mol. The molecule has 5 atom stereocenters. The lowest BCUT2D eigenvalue weighted by atomic mass is 9.94. The van der Waals surface area contributed by atoms with Gasteiger partial charge in [0.05, 0.1) is 11.6 Å². The Morgan fingerprint density at radius 3 is 2.17 bits per heavy atom. The second kappa shape index (κ2) is 24.2. The first-order valence-corrected chi connectivity index (χ1v) is 29.3. The summed E-state index contributed by atoms with van der Waals surface area (Å²) in [7, 11) is -5.92. The van der Waals surface area contributed by atoms with Crippen LogP contribution in [0.1, 0.15) is 112 Å². The Morgan fingerprint density at radius 1 is 0.819 bits per heavy atom. The van der Waals surface area contributed by atoms with Gasteiger partial charge in [0, 0.05) is 68.1 Å². The van der Waals surface area contributed by atoms with Crippen LogP contribution in [0, 0.1) is 11.7 Å². The summed E-state index contributed by atoms with van der Waals surface area (Å²) in [4.78, 5) is 137. The van der Waals surface area contributed by atoms with Crippen molar-refractivity contribution in [1.29, 1.82) is 0 Å². The Hall–Kier alpha value is -7.76. The van der Waals surface area contributed by atoms with E-state index in [4.69, 9.17) is 5.73 Å². The van der Waals surface area contributed by atoms with Crippen LogP contribution in [0.2, 0.25) is 0 Å². The summed E-state index contributed by atoms with van der Waals surface area (Å²) >= 11 is 0. The first-order chi connectivity index (χ1) is 39.6. The van der Waals surface area contributed by atoms with E-state index < -0.39 is 108 Å². The van der Waals surface area contributed by atoms with E-state index in [0.29, 0.717) is 69.5 Å². The third-order valence-electron chi connectivity index (χ3n) is 16.6. The number of fused-ring (bicyclic) bond motifs is 3. The molecule has 21 nitrogen and oxygen atoms in total. The highest BCUT2D eigenvalue weighted by Gasteiger charge is 2.51. The number of likely N-dealkylation sites (tertiary alicyclic amines) is 1. The van der Waals surface area contributed by atoms with E-state index in [1.807, 2.05) is 60.7 Å². The molecule has 4 fully saturated rings.